The van der Waals surface area contributed by atoms with Gasteiger partial charge in [-0.05, 0) is 12.1 Å². The molecule has 1 atom stereocenters. The Kier molecular flexibility index (Phi) is 3.03. The van der Waals surface area contributed by atoms with Crippen LogP contribution in [0.5, 0.6) is 0 Å². The molecule has 1 aliphatic heterocycles. The van der Waals surface area contributed by atoms with Gasteiger partial charge in [0, 0.05) is 20.1 Å². The molecule has 0 saturated carbocycles. The first-order valence-electron chi connectivity index (χ1n) is 5.33. The third kappa shape index (κ3) is 2.41. The molecule has 1 aliphatic rings. The van der Waals surface area contributed by atoms with Gasteiger partial charge in [-0.2, -0.15) is 0 Å². The molecule has 0 radical (unpaired) electrons. The predicted octanol–water partition coefficient (Wildman–Crippen LogP) is 0.848. The smallest absolute Gasteiger partial charge is 0.320 e. The van der Waals surface area contributed by atoms with Crippen LogP contribution in [-0.4, -0.2) is 47.0 Å². The first-order chi connectivity index (χ1) is 8.08. The van der Waals surface area contributed by atoms with Crippen molar-refractivity contribution >= 4 is 12.0 Å². The molecular formula is C11H14N2O4. The lowest BCUT2D eigenvalue weighted by molar-refractivity contribution is -0.143. The fourth-order valence-corrected chi connectivity index (χ4v) is 1.93. The van der Waals surface area contributed by atoms with E-state index in [0.29, 0.717) is 12.3 Å². The molecule has 0 spiro atoms. The monoisotopic (exact) mass is 238 g/mol. The summed E-state index contributed by atoms with van der Waals surface area (Å²) >= 11 is 0. The number of amides is 2. The Morgan fingerprint density at radius 3 is 2.94 bits per heavy atom. The van der Waals surface area contributed by atoms with Crippen LogP contribution in [0, 0.1) is 5.92 Å². The van der Waals surface area contributed by atoms with Crippen LogP contribution in [0.4, 0.5) is 4.79 Å². The molecular weight excluding hydrogens is 224 g/mol. The fourth-order valence-electron chi connectivity index (χ4n) is 1.93. The Bertz CT molecular complexity index is 415. The molecule has 1 unspecified atom stereocenters. The Morgan fingerprint density at radius 1 is 1.59 bits per heavy atom. The van der Waals surface area contributed by atoms with Crippen molar-refractivity contribution in [1.82, 2.24) is 9.80 Å². The number of carbonyl (C=O) groups excluding carboxylic acids is 1. The number of hydrogen-bond donors (Lipinski definition) is 1. The number of nitrogens with zero attached hydrogens (tertiary/aromatic N) is 2. The van der Waals surface area contributed by atoms with Crippen molar-refractivity contribution in [1.29, 1.82) is 0 Å². The molecule has 6 nitrogen and oxygen atoms in total. The predicted molar refractivity (Wildman–Crippen MR) is 58.3 cm³/mol. The number of aliphatic carboxylic acids is 1. The van der Waals surface area contributed by atoms with Crippen LogP contribution in [0.1, 0.15) is 5.76 Å². The van der Waals surface area contributed by atoms with Gasteiger partial charge < -0.3 is 19.3 Å². The molecule has 2 rings (SSSR count). The summed E-state index contributed by atoms with van der Waals surface area (Å²) < 4.78 is 5.16. The summed E-state index contributed by atoms with van der Waals surface area (Å²) in [5.74, 6) is -0.778. The van der Waals surface area contributed by atoms with Gasteiger partial charge in [0.05, 0.1) is 18.7 Å². The second-order valence-corrected chi connectivity index (χ2v) is 4.16. The third-order valence-corrected chi connectivity index (χ3v) is 2.81. The maximum atomic E-state index is 11.8. The molecule has 6 heteroatoms. The van der Waals surface area contributed by atoms with Crippen molar-refractivity contribution in [3.63, 3.8) is 0 Å². The van der Waals surface area contributed by atoms with Crippen molar-refractivity contribution in [3.05, 3.63) is 24.2 Å². The molecule has 1 N–H and O–H groups in total. The van der Waals surface area contributed by atoms with Crippen molar-refractivity contribution in [2.24, 2.45) is 5.92 Å². The number of hydrogen-bond acceptors (Lipinski definition) is 3. The number of carboxylic acid groups (broad SMARTS) is 1. The number of furan rings is 1. The Hall–Kier alpha value is -1.98. The lowest BCUT2D eigenvalue weighted by atomic mass is 10.1. The summed E-state index contributed by atoms with van der Waals surface area (Å²) in [5, 5.41) is 9.00. The molecule has 0 aromatic carbocycles. The van der Waals surface area contributed by atoms with E-state index in [2.05, 4.69) is 0 Å². The van der Waals surface area contributed by atoms with Crippen LogP contribution >= 0.6 is 0 Å². The van der Waals surface area contributed by atoms with Crippen molar-refractivity contribution < 1.29 is 19.1 Å². The highest BCUT2D eigenvalue weighted by Crippen LogP contribution is 2.16. The number of carboxylic acids is 1. The van der Waals surface area contributed by atoms with E-state index in [0.717, 1.165) is 0 Å². The average Bonchev–Trinajstić information content (AvgIpc) is 2.77. The molecule has 1 fully saturated rings. The molecule has 0 aliphatic carbocycles. The van der Waals surface area contributed by atoms with Gasteiger partial charge in [-0.15, -0.1) is 0 Å². The topological polar surface area (TPSA) is 74.0 Å². The maximum absolute atomic E-state index is 11.8. The van der Waals surface area contributed by atoms with Crippen LogP contribution in [0.2, 0.25) is 0 Å². The van der Waals surface area contributed by atoms with E-state index < -0.39 is 11.9 Å². The van der Waals surface area contributed by atoms with E-state index in [1.807, 2.05) is 0 Å². The van der Waals surface area contributed by atoms with Crippen molar-refractivity contribution in [2.45, 2.75) is 6.54 Å². The molecule has 17 heavy (non-hydrogen) atoms. The largest absolute Gasteiger partial charge is 0.481 e. The van der Waals surface area contributed by atoms with E-state index in [-0.39, 0.29) is 19.1 Å². The zero-order valence-electron chi connectivity index (χ0n) is 9.50. The molecule has 2 amide bonds. The van der Waals surface area contributed by atoms with E-state index in [1.54, 1.807) is 19.2 Å². The third-order valence-electron chi connectivity index (χ3n) is 2.81. The van der Waals surface area contributed by atoms with Gasteiger partial charge >= 0.3 is 12.0 Å². The Balaban J connectivity index is 2.08. The molecule has 1 aromatic heterocycles. The van der Waals surface area contributed by atoms with Crippen LogP contribution in [-0.2, 0) is 11.3 Å². The summed E-state index contributed by atoms with van der Waals surface area (Å²) in [6, 6.07) is 3.33. The minimum absolute atomic E-state index is 0.168. The van der Waals surface area contributed by atoms with Gasteiger partial charge in [-0.1, -0.05) is 0 Å². The standard InChI is InChI=1S/C11H14N2O4/c1-12-5-8(10(14)15)6-13(11(12)16)7-9-3-2-4-17-9/h2-4,8H,5-7H2,1H3,(H,14,15). The quantitative estimate of drug-likeness (QED) is 0.847. The van der Waals surface area contributed by atoms with Gasteiger partial charge in [0.1, 0.15) is 5.76 Å². The van der Waals surface area contributed by atoms with E-state index in [1.165, 1.54) is 16.1 Å². The van der Waals surface area contributed by atoms with Gasteiger partial charge in [0.25, 0.3) is 0 Å². The van der Waals surface area contributed by atoms with Gasteiger partial charge in [-0.25, -0.2) is 4.79 Å². The highest BCUT2D eigenvalue weighted by Gasteiger charge is 2.33. The van der Waals surface area contributed by atoms with Crippen LogP contribution in [0.25, 0.3) is 0 Å². The minimum Gasteiger partial charge on any atom is -0.481 e. The molecule has 92 valence electrons. The number of rotatable bonds is 3. The Morgan fingerprint density at radius 2 is 2.35 bits per heavy atom. The van der Waals surface area contributed by atoms with E-state index in [4.69, 9.17) is 9.52 Å². The summed E-state index contributed by atoms with van der Waals surface area (Å²) in [6.07, 6.45) is 1.53. The van der Waals surface area contributed by atoms with Crippen molar-refractivity contribution in [2.75, 3.05) is 20.1 Å². The summed E-state index contributed by atoms with van der Waals surface area (Å²) in [6.45, 7) is 0.780. The first kappa shape index (κ1) is 11.5. The average molecular weight is 238 g/mol. The SMILES string of the molecule is CN1CC(C(=O)O)CN(Cc2ccco2)C1=O. The normalized spacial score (nSPS) is 20.8. The van der Waals surface area contributed by atoms with Crippen LogP contribution < -0.4 is 0 Å². The first-order valence-corrected chi connectivity index (χ1v) is 5.33. The number of carbonyl (C=O) groups is 2. The summed E-state index contributed by atoms with van der Waals surface area (Å²) in [7, 11) is 1.60. The summed E-state index contributed by atoms with van der Waals surface area (Å²) in [5.41, 5.74) is 0. The highest BCUT2D eigenvalue weighted by molar-refractivity contribution is 5.79. The van der Waals surface area contributed by atoms with E-state index >= 15 is 0 Å². The zero-order chi connectivity index (χ0) is 12.4. The second kappa shape index (κ2) is 4.48. The molecule has 0 bridgehead atoms. The van der Waals surface area contributed by atoms with Crippen LogP contribution in [0.15, 0.2) is 22.8 Å². The van der Waals surface area contributed by atoms with Crippen molar-refractivity contribution in [3.8, 4) is 0 Å². The van der Waals surface area contributed by atoms with Gasteiger partial charge in [-0.3, -0.25) is 4.79 Å². The maximum Gasteiger partial charge on any atom is 0.320 e. The minimum atomic E-state index is -0.881. The fraction of sp³-hybridized carbons (Fsp3) is 0.455. The Labute approximate surface area is 98.4 Å². The molecule has 1 aromatic rings. The van der Waals surface area contributed by atoms with E-state index in [9.17, 15) is 9.59 Å². The molecule has 2 heterocycles. The highest BCUT2D eigenvalue weighted by atomic mass is 16.4. The van der Waals surface area contributed by atoms with Gasteiger partial charge in [0.2, 0.25) is 0 Å². The number of urea groups is 1. The lowest BCUT2D eigenvalue weighted by Crippen LogP contribution is -2.53. The van der Waals surface area contributed by atoms with Gasteiger partial charge in [0.15, 0.2) is 0 Å². The summed E-state index contributed by atoms with van der Waals surface area (Å²) in [4.78, 5) is 25.7. The molecule has 1 saturated heterocycles. The van der Waals surface area contributed by atoms with Crippen LogP contribution in [0.3, 0.4) is 0 Å². The lowest BCUT2D eigenvalue weighted by Gasteiger charge is -2.36. The zero-order valence-corrected chi connectivity index (χ0v) is 9.50. The second-order valence-electron chi connectivity index (χ2n) is 4.16.